The molecule has 2 heterocycles. The van der Waals surface area contributed by atoms with Gasteiger partial charge < -0.3 is 19.5 Å². The van der Waals surface area contributed by atoms with Gasteiger partial charge in [0.25, 0.3) is 5.91 Å². The van der Waals surface area contributed by atoms with E-state index >= 15 is 0 Å². The Labute approximate surface area is 213 Å². The molecule has 6 heteroatoms. The summed E-state index contributed by atoms with van der Waals surface area (Å²) in [5.74, 6) is -0.268. The second-order valence-electron chi connectivity index (χ2n) is 10.2. The van der Waals surface area contributed by atoms with Crippen LogP contribution in [0.25, 0.3) is 10.9 Å². The van der Waals surface area contributed by atoms with Crippen LogP contribution >= 0.6 is 0 Å². The van der Waals surface area contributed by atoms with Gasteiger partial charge in [0.1, 0.15) is 5.56 Å². The summed E-state index contributed by atoms with van der Waals surface area (Å²) in [4.78, 5) is 29.7. The molecule has 2 aliphatic rings. The number of anilines is 1. The lowest BCUT2D eigenvalue weighted by molar-refractivity contribution is 0.0864. The third kappa shape index (κ3) is 4.92. The van der Waals surface area contributed by atoms with Crippen molar-refractivity contribution in [1.82, 2.24) is 9.88 Å². The number of hydrogen-bond donors (Lipinski definition) is 1. The molecule has 0 unspecified atom stereocenters. The van der Waals surface area contributed by atoms with Gasteiger partial charge >= 0.3 is 0 Å². The first-order valence-corrected chi connectivity index (χ1v) is 13.5. The van der Waals surface area contributed by atoms with E-state index in [0.717, 1.165) is 74.9 Å². The average molecular weight is 488 g/mol. The molecule has 5 rings (SSSR count). The maximum atomic E-state index is 13.7. The number of benzene rings is 2. The first kappa shape index (κ1) is 24.6. The van der Waals surface area contributed by atoms with Crippen LogP contribution in [0, 0.1) is 0 Å². The Balaban J connectivity index is 1.53. The van der Waals surface area contributed by atoms with Gasteiger partial charge in [0.05, 0.1) is 24.3 Å². The fourth-order valence-corrected chi connectivity index (χ4v) is 5.76. The highest BCUT2D eigenvalue weighted by Crippen LogP contribution is 2.37. The largest absolute Gasteiger partial charge is 0.378 e. The average Bonchev–Trinajstić information content (AvgIpc) is 2.94. The molecule has 1 saturated carbocycles. The molecule has 6 nitrogen and oxygen atoms in total. The molecule has 1 aliphatic carbocycles. The van der Waals surface area contributed by atoms with Crippen molar-refractivity contribution in [3.8, 4) is 0 Å². The van der Waals surface area contributed by atoms with Crippen molar-refractivity contribution in [2.75, 3.05) is 31.2 Å². The lowest BCUT2D eigenvalue weighted by Crippen LogP contribution is -2.48. The molecule has 190 valence electrons. The van der Waals surface area contributed by atoms with E-state index in [-0.39, 0.29) is 16.9 Å². The smallest absolute Gasteiger partial charge is 0.257 e. The SMILES string of the molecule is CCCCn1cc(C(=O)NC2(c3ccccc3)CCCCC2)c(=O)c2ccc(N3CCOCC3)cc21. The minimum Gasteiger partial charge on any atom is -0.378 e. The fraction of sp³-hybridized carbons (Fsp3) is 0.467. The number of nitrogens with zero attached hydrogens (tertiary/aromatic N) is 2. The van der Waals surface area contributed by atoms with Gasteiger partial charge in [-0.15, -0.1) is 0 Å². The molecule has 1 amide bonds. The molecule has 2 fully saturated rings. The number of nitrogens with one attached hydrogen (secondary N) is 1. The number of aromatic nitrogens is 1. The number of pyridine rings is 1. The van der Waals surface area contributed by atoms with Crippen LogP contribution in [-0.2, 0) is 16.8 Å². The number of fused-ring (bicyclic) bond motifs is 1. The number of carbonyl (C=O) groups is 1. The van der Waals surface area contributed by atoms with Gasteiger partial charge in [-0.05, 0) is 43.0 Å². The van der Waals surface area contributed by atoms with Crippen LogP contribution in [0.15, 0.2) is 59.5 Å². The summed E-state index contributed by atoms with van der Waals surface area (Å²) in [6, 6.07) is 16.3. The lowest BCUT2D eigenvalue weighted by Gasteiger charge is -2.38. The number of rotatable bonds is 7. The van der Waals surface area contributed by atoms with Crippen LogP contribution in [0.2, 0.25) is 0 Å². The van der Waals surface area contributed by atoms with Crippen LogP contribution in [0.3, 0.4) is 0 Å². The normalized spacial score (nSPS) is 17.8. The van der Waals surface area contributed by atoms with E-state index in [1.54, 1.807) is 6.20 Å². The van der Waals surface area contributed by atoms with Crippen LogP contribution < -0.4 is 15.6 Å². The second-order valence-corrected chi connectivity index (χ2v) is 10.2. The Morgan fingerprint density at radius 3 is 2.50 bits per heavy atom. The zero-order valence-electron chi connectivity index (χ0n) is 21.3. The third-order valence-corrected chi connectivity index (χ3v) is 7.82. The first-order chi connectivity index (χ1) is 17.6. The predicted octanol–water partition coefficient (Wildman–Crippen LogP) is 5.23. The second kappa shape index (κ2) is 10.9. The van der Waals surface area contributed by atoms with Gasteiger partial charge in [-0.1, -0.05) is 62.9 Å². The minimum absolute atomic E-state index is 0.192. The molecule has 1 N–H and O–H groups in total. The van der Waals surface area contributed by atoms with E-state index in [1.165, 1.54) is 6.42 Å². The predicted molar refractivity (Wildman–Crippen MR) is 145 cm³/mol. The number of morpholine rings is 1. The van der Waals surface area contributed by atoms with E-state index in [2.05, 4.69) is 39.9 Å². The minimum atomic E-state index is -0.424. The zero-order chi connectivity index (χ0) is 25.0. The first-order valence-electron chi connectivity index (χ1n) is 13.5. The molecule has 1 saturated heterocycles. The van der Waals surface area contributed by atoms with Gasteiger partial charge in [-0.25, -0.2) is 0 Å². The third-order valence-electron chi connectivity index (χ3n) is 7.82. The monoisotopic (exact) mass is 487 g/mol. The Morgan fingerprint density at radius 1 is 1.03 bits per heavy atom. The number of unbranched alkanes of at least 4 members (excludes halogenated alkanes) is 1. The molecule has 1 aliphatic heterocycles. The molecule has 1 aromatic heterocycles. The van der Waals surface area contributed by atoms with Crippen LogP contribution in [-0.4, -0.2) is 36.8 Å². The number of carbonyl (C=O) groups excluding carboxylic acids is 1. The van der Waals surface area contributed by atoms with Crippen molar-refractivity contribution in [2.24, 2.45) is 0 Å². The molecule has 0 spiro atoms. The van der Waals surface area contributed by atoms with Crippen molar-refractivity contribution in [1.29, 1.82) is 0 Å². The van der Waals surface area contributed by atoms with Crippen LogP contribution in [0.5, 0.6) is 0 Å². The maximum Gasteiger partial charge on any atom is 0.257 e. The standard InChI is InChI=1S/C30H37N3O3/c1-2-3-16-33-22-26(28(34)25-13-12-24(21-27(25)33)32-17-19-36-20-18-32)29(35)31-30(14-8-5-9-15-30)23-10-6-4-7-11-23/h4,6-7,10-13,21-22H,2-3,5,8-9,14-20H2,1H3,(H,31,35). The molecular formula is C30H37N3O3. The van der Waals surface area contributed by atoms with E-state index in [1.807, 2.05) is 30.3 Å². The van der Waals surface area contributed by atoms with E-state index in [9.17, 15) is 9.59 Å². The van der Waals surface area contributed by atoms with E-state index in [0.29, 0.717) is 18.6 Å². The molecule has 0 atom stereocenters. The summed E-state index contributed by atoms with van der Waals surface area (Å²) in [5, 5.41) is 3.95. The molecule has 0 radical (unpaired) electrons. The number of amides is 1. The molecular weight excluding hydrogens is 450 g/mol. The summed E-state index contributed by atoms with van der Waals surface area (Å²) < 4.78 is 7.61. The van der Waals surface area contributed by atoms with Crippen molar-refractivity contribution >= 4 is 22.5 Å². The number of ether oxygens (including phenoxy) is 1. The molecule has 3 aromatic rings. The van der Waals surface area contributed by atoms with E-state index in [4.69, 9.17) is 4.74 Å². The quantitative estimate of drug-likeness (QED) is 0.496. The van der Waals surface area contributed by atoms with Gasteiger partial charge in [0, 0.05) is 36.9 Å². The summed E-state index contributed by atoms with van der Waals surface area (Å²) in [7, 11) is 0. The highest BCUT2D eigenvalue weighted by atomic mass is 16.5. The number of aryl methyl sites for hydroxylation is 1. The molecule has 0 bridgehead atoms. The highest BCUT2D eigenvalue weighted by Gasteiger charge is 2.36. The summed E-state index contributed by atoms with van der Waals surface area (Å²) >= 11 is 0. The van der Waals surface area contributed by atoms with Gasteiger partial charge in [0.2, 0.25) is 5.43 Å². The summed E-state index contributed by atoms with van der Waals surface area (Å²) in [6.07, 6.45) is 8.91. The lowest BCUT2D eigenvalue weighted by atomic mass is 9.76. The summed E-state index contributed by atoms with van der Waals surface area (Å²) in [5.41, 5.74) is 2.73. The zero-order valence-corrected chi connectivity index (χ0v) is 21.3. The molecule has 36 heavy (non-hydrogen) atoms. The van der Waals surface area contributed by atoms with Crippen LogP contribution in [0.4, 0.5) is 5.69 Å². The maximum absolute atomic E-state index is 13.7. The van der Waals surface area contributed by atoms with Crippen LogP contribution in [0.1, 0.15) is 67.8 Å². The van der Waals surface area contributed by atoms with Gasteiger partial charge in [-0.2, -0.15) is 0 Å². The Hall–Kier alpha value is -3.12. The Morgan fingerprint density at radius 2 is 1.78 bits per heavy atom. The van der Waals surface area contributed by atoms with Gasteiger partial charge in [-0.3, -0.25) is 9.59 Å². The highest BCUT2D eigenvalue weighted by molar-refractivity contribution is 5.98. The number of hydrogen-bond acceptors (Lipinski definition) is 4. The molecule has 2 aromatic carbocycles. The van der Waals surface area contributed by atoms with Crippen molar-refractivity contribution < 1.29 is 9.53 Å². The topological polar surface area (TPSA) is 63.6 Å². The Bertz CT molecular complexity index is 1260. The summed E-state index contributed by atoms with van der Waals surface area (Å²) in [6.45, 7) is 6.03. The van der Waals surface area contributed by atoms with E-state index < -0.39 is 5.54 Å². The van der Waals surface area contributed by atoms with Crippen molar-refractivity contribution in [2.45, 2.75) is 64.0 Å². The van der Waals surface area contributed by atoms with Crippen molar-refractivity contribution in [3.05, 3.63) is 76.1 Å². The fourth-order valence-electron chi connectivity index (χ4n) is 5.76. The van der Waals surface area contributed by atoms with Crippen molar-refractivity contribution in [3.63, 3.8) is 0 Å². The Kier molecular flexibility index (Phi) is 7.42. The van der Waals surface area contributed by atoms with Gasteiger partial charge in [0.15, 0.2) is 0 Å².